The van der Waals surface area contributed by atoms with Crippen LogP contribution < -0.4 is 5.32 Å². The number of nitrogens with zero attached hydrogens (tertiary/aromatic N) is 2. The van der Waals surface area contributed by atoms with E-state index in [9.17, 15) is 5.11 Å². The highest BCUT2D eigenvalue weighted by molar-refractivity contribution is 5.86. The number of hydrogen-bond acceptors (Lipinski definition) is 4. The van der Waals surface area contributed by atoms with Crippen molar-refractivity contribution in [2.45, 2.75) is 6.04 Å². The molecule has 0 saturated carbocycles. The highest BCUT2D eigenvalue weighted by Crippen LogP contribution is 2.36. The van der Waals surface area contributed by atoms with Crippen molar-refractivity contribution in [1.82, 2.24) is 9.97 Å². The third-order valence-electron chi connectivity index (χ3n) is 5.40. The molecule has 0 bridgehead atoms. The number of benzene rings is 3. The summed E-state index contributed by atoms with van der Waals surface area (Å²) in [7, 11) is 0. The lowest BCUT2D eigenvalue weighted by molar-refractivity contribution is 0.471. The minimum Gasteiger partial charge on any atom is -0.505 e. The summed E-state index contributed by atoms with van der Waals surface area (Å²) in [5.74, 6) is 0.916. The zero-order valence-electron chi connectivity index (χ0n) is 16.8. The van der Waals surface area contributed by atoms with Crippen LogP contribution in [0.1, 0.15) is 17.2 Å². The summed E-state index contributed by atoms with van der Waals surface area (Å²) in [4.78, 5) is 8.80. The molecule has 4 nitrogen and oxygen atoms in total. The van der Waals surface area contributed by atoms with Crippen molar-refractivity contribution in [3.05, 3.63) is 121 Å². The number of phenols is 1. The van der Waals surface area contributed by atoms with Crippen LogP contribution in [0.2, 0.25) is 0 Å². The maximum Gasteiger partial charge on any atom is 0.147 e. The lowest BCUT2D eigenvalue weighted by Crippen LogP contribution is -2.13. The van der Waals surface area contributed by atoms with Gasteiger partial charge in [0, 0.05) is 23.3 Å². The topological polar surface area (TPSA) is 58.0 Å². The highest BCUT2D eigenvalue weighted by Gasteiger charge is 2.20. The van der Waals surface area contributed by atoms with E-state index in [4.69, 9.17) is 0 Å². The van der Waals surface area contributed by atoms with Crippen LogP contribution in [0.3, 0.4) is 0 Å². The van der Waals surface area contributed by atoms with E-state index >= 15 is 0 Å². The molecule has 0 fully saturated rings. The lowest BCUT2D eigenvalue weighted by atomic mass is 9.94. The average Bonchev–Trinajstić information content (AvgIpc) is 2.85. The van der Waals surface area contributed by atoms with Gasteiger partial charge in [-0.1, -0.05) is 78.9 Å². The van der Waals surface area contributed by atoms with Crippen molar-refractivity contribution in [1.29, 1.82) is 0 Å². The van der Waals surface area contributed by atoms with E-state index in [1.807, 2.05) is 60.7 Å². The van der Waals surface area contributed by atoms with Gasteiger partial charge in [-0.25, -0.2) is 4.98 Å². The molecule has 2 N–H and O–H groups in total. The predicted octanol–water partition coefficient (Wildman–Crippen LogP) is 6.20. The molecule has 31 heavy (non-hydrogen) atoms. The van der Waals surface area contributed by atoms with E-state index in [2.05, 4.69) is 51.7 Å². The Labute approximate surface area is 180 Å². The van der Waals surface area contributed by atoms with Gasteiger partial charge < -0.3 is 10.4 Å². The smallest absolute Gasteiger partial charge is 0.147 e. The number of nitrogens with one attached hydrogen (secondary N) is 1. The molecule has 0 aliphatic heterocycles. The summed E-state index contributed by atoms with van der Waals surface area (Å²) in [6.45, 7) is 0. The van der Waals surface area contributed by atoms with Crippen LogP contribution in [0.25, 0.3) is 22.0 Å². The molecule has 0 aliphatic rings. The van der Waals surface area contributed by atoms with E-state index in [0.717, 1.165) is 27.9 Å². The first-order chi connectivity index (χ1) is 15.3. The Bertz CT molecular complexity index is 1300. The third-order valence-corrected chi connectivity index (χ3v) is 5.40. The van der Waals surface area contributed by atoms with Gasteiger partial charge in [-0.3, -0.25) is 4.98 Å². The number of aromatic nitrogens is 2. The Balaban J connectivity index is 1.59. The molecule has 5 aromatic rings. The first-order valence-electron chi connectivity index (χ1n) is 10.2. The maximum atomic E-state index is 11.1. The zero-order valence-corrected chi connectivity index (χ0v) is 16.8. The Morgan fingerprint density at radius 2 is 1.39 bits per heavy atom. The lowest BCUT2D eigenvalue weighted by Gasteiger charge is -2.22. The molecule has 2 aromatic heterocycles. The fourth-order valence-electron chi connectivity index (χ4n) is 3.81. The second-order valence-electron chi connectivity index (χ2n) is 7.36. The van der Waals surface area contributed by atoms with Crippen LogP contribution >= 0.6 is 0 Å². The van der Waals surface area contributed by atoms with E-state index < -0.39 is 0 Å². The van der Waals surface area contributed by atoms with Gasteiger partial charge in [-0.15, -0.1) is 0 Å². The van der Waals surface area contributed by atoms with E-state index in [1.165, 1.54) is 5.56 Å². The number of aromatic hydroxyl groups is 1. The summed E-state index contributed by atoms with van der Waals surface area (Å²) in [6, 6.07) is 31.9. The van der Waals surface area contributed by atoms with Crippen LogP contribution in [0.5, 0.6) is 5.75 Å². The molecular weight excluding hydrogens is 382 g/mol. The van der Waals surface area contributed by atoms with Gasteiger partial charge in [-0.05, 0) is 34.9 Å². The van der Waals surface area contributed by atoms with Crippen molar-refractivity contribution >= 4 is 16.7 Å². The van der Waals surface area contributed by atoms with Crippen LogP contribution in [0.15, 0.2) is 109 Å². The maximum absolute atomic E-state index is 11.1. The average molecular weight is 403 g/mol. The highest BCUT2D eigenvalue weighted by atomic mass is 16.3. The molecule has 0 amide bonds. The fraction of sp³-hybridized carbons (Fsp3) is 0.0370. The molecule has 0 spiro atoms. The molecule has 0 radical (unpaired) electrons. The summed E-state index contributed by atoms with van der Waals surface area (Å²) in [5, 5.41) is 15.4. The molecule has 150 valence electrons. The normalized spacial score (nSPS) is 11.9. The molecule has 0 saturated heterocycles. The van der Waals surface area contributed by atoms with E-state index in [1.54, 1.807) is 12.4 Å². The second-order valence-corrected chi connectivity index (χ2v) is 7.36. The van der Waals surface area contributed by atoms with Gasteiger partial charge in [0.05, 0.1) is 6.04 Å². The number of fused-ring (bicyclic) bond motifs is 1. The quantitative estimate of drug-likeness (QED) is 0.367. The Hall–Kier alpha value is -4.18. The summed E-state index contributed by atoms with van der Waals surface area (Å²) in [5.41, 5.74) is 4.68. The third kappa shape index (κ3) is 3.83. The monoisotopic (exact) mass is 403 g/mol. The van der Waals surface area contributed by atoms with E-state index in [0.29, 0.717) is 5.52 Å². The molecule has 4 heteroatoms. The minimum absolute atomic E-state index is 0.179. The summed E-state index contributed by atoms with van der Waals surface area (Å²) < 4.78 is 0. The Morgan fingerprint density at radius 1 is 0.645 bits per heavy atom. The van der Waals surface area contributed by atoms with Crippen LogP contribution in [-0.4, -0.2) is 15.1 Å². The van der Waals surface area contributed by atoms with Crippen molar-refractivity contribution < 1.29 is 5.11 Å². The SMILES string of the molecule is Oc1c(C(Nc2ccccn2)c2ccc(-c3ccccc3)cc2)ccc2cccnc12. The van der Waals surface area contributed by atoms with Crippen molar-refractivity contribution in [3.63, 3.8) is 0 Å². The molecule has 0 aliphatic carbocycles. The first-order valence-corrected chi connectivity index (χ1v) is 10.2. The standard InChI is InChI=1S/C27H21N3O/c31-27-23(16-15-21-9-6-18-29-26(21)27)25(30-24-10-4-5-17-28-24)22-13-11-20(12-14-22)19-7-2-1-3-8-19/h1-18,25,31H,(H,28,30). The van der Waals surface area contributed by atoms with Gasteiger partial charge in [-0.2, -0.15) is 0 Å². The molecule has 1 unspecified atom stereocenters. The van der Waals surface area contributed by atoms with Crippen LogP contribution in [0, 0.1) is 0 Å². The number of anilines is 1. The van der Waals surface area contributed by atoms with Gasteiger partial charge in [0.1, 0.15) is 17.1 Å². The first kappa shape index (κ1) is 18.8. The molecule has 2 heterocycles. The van der Waals surface area contributed by atoms with Gasteiger partial charge >= 0.3 is 0 Å². The summed E-state index contributed by atoms with van der Waals surface area (Å²) in [6.07, 6.45) is 3.45. The molecular formula is C27H21N3O. The van der Waals surface area contributed by atoms with Gasteiger partial charge in [0.2, 0.25) is 0 Å². The second kappa shape index (κ2) is 8.28. The van der Waals surface area contributed by atoms with E-state index in [-0.39, 0.29) is 11.8 Å². The number of hydrogen-bond donors (Lipinski definition) is 2. The number of rotatable bonds is 5. The molecule has 1 atom stereocenters. The Morgan fingerprint density at radius 3 is 2.16 bits per heavy atom. The largest absolute Gasteiger partial charge is 0.505 e. The fourth-order valence-corrected chi connectivity index (χ4v) is 3.81. The van der Waals surface area contributed by atoms with Crippen LogP contribution in [0.4, 0.5) is 5.82 Å². The summed E-state index contributed by atoms with van der Waals surface area (Å²) >= 11 is 0. The molecule has 5 rings (SSSR count). The van der Waals surface area contributed by atoms with Gasteiger partial charge in [0.15, 0.2) is 0 Å². The van der Waals surface area contributed by atoms with Gasteiger partial charge in [0.25, 0.3) is 0 Å². The van der Waals surface area contributed by atoms with Crippen molar-refractivity contribution in [2.75, 3.05) is 5.32 Å². The van der Waals surface area contributed by atoms with Crippen molar-refractivity contribution in [2.24, 2.45) is 0 Å². The van der Waals surface area contributed by atoms with Crippen molar-refractivity contribution in [3.8, 4) is 16.9 Å². The molecule has 3 aromatic carbocycles. The zero-order chi connectivity index (χ0) is 21.0. The van der Waals surface area contributed by atoms with Crippen LogP contribution in [-0.2, 0) is 0 Å². The Kier molecular flexibility index (Phi) is 5.03. The number of phenolic OH excluding ortho intramolecular Hbond substituents is 1. The minimum atomic E-state index is -0.286. The number of pyridine rings is 2. The predicted molar refractivity (Wildman–Crippen MR) is 125 cm³/mol.